The second-order valence-corrected chi connectivity index (χ2v) is 3.30. The largest absolute Gasteiger partial charge is 0.292 e. The third-order valence-electron chi connectivity index (χ3n) is 1.51. The van der Waals surface area contributed by atoms with Gasteiger partial charge in [0.1, 0.15) is 0 Å². The Labute approximate surface area is 66.0 Å². The topological polar surface area (TPSA) is 37.8 Å². The van der Waals surface area contributed by atoms with Crippen LogP contribution in [0.25, 0.3) is 0 Å². The molecule has 1 rings (SSSR count). The van der Waals surface area contributed by atoms with Crippen molar-refractivity contribution in [3.05, 3.63) is 22.1 Å². The molecular formula is C8H14N2O. The molecule has 0 aliphatic carbocycles. The average Bonchev–Trinajstić information content (AvgIpc) is 2.10. The Morgan fingerprint density at radius 2 is 2.27 bits per heavy atom. The molecule has 0 atom stereocenters. The highest BCUT2D eigenvalue weighted by atomic mass is 16.1. The standard InChI is InChI=1S/C8H14N2O/c1-6(2)4-10-5-7(3)8(11)9-10/h5-6H,4H2,1-3H3,(H,9,11). The first-order chi connectivity index (χ1) is 5.09. The summed E-state index contributed by atoms with van der Waals surface area (Å²) in [7, 11) is 0. The van der Waals surface area contributed by atoms with Crippen LogP contribution in [-0.2, 0) is 6.54 Å². The van der Waals surface area contributed by atoms with Crippen LogP contribution < -0.4 is 5.56 Å². The van der Waals surface area contributed by atoms with Gasteiger partial charge in [-0.3, -0.25) is 14.6 Å². The SMILES string of the molecule is Cc1cn(CC(C)C)[nH]c1=O. The average molecular weight is 154 g/mol. The first-order valence-electron chi connectivity index (χ1n) is 3.85. The van der Waals surface area contributed by atoms with E-state index in [1.807, 2.05) is 17.8 Å². The summed E-state index contributed by atoms with van der Waals surface area (Å²) in [4.78, 5) is 10.9. The van der Waals surface area contributed by atoms with E-state index in [1.54, 1.807) is 0 Å². The Kier molecular flexibility index (Phi) is 2.17. The zero-order chi connectivity index (χ0) is 8.43. The molecule has 0 aliphatic heterocycles. The quantitative estimate of drug-likeness (QED) is 0.681. The molecule has 0 radical (unpaired) electrons. The van der Waals surface area contributed by atoms with E-state index in [2.05, 4.69) is 18.9 Å². The monoisotopic (exact) mass is 154 g/mol. The van der Waals surface area contributed by atoms with E-state index in [4.69, 9.17) is 0 Å². The van der Waals surface area contributed by atoms with Crippen LogP contribution in [0.15, 0.2) is 11.0 Å². The Balaban J connectivity index is 2.81. The molecule has 0 aliphatic rings. The summed E-state index contributed by atoms with van der Waals surface area (Å²) in [6.07, 6.45) is 1.85. The van der Waals surface area contributed by atoms with Crippen molar-refractivity contribution >= 4 is 0 Å². The van der Waals surface area contributed by atoms with E-state index >= 15 is 0 Å². The number of nitrogens with zero attached hydrogens (tertiary/aromatic N) is 1. The Morgan fingerprint density at radius 3 is 2.64 bits per heavy atom. The van der Waals surface area contributed by atoms with Crippen LogP contribution >= 0.6 is 0 Å². The molecule has 1 aromatic heterocycles. The molecule has 11 heavy (non-hydrogen) atoms. The number of rotatable bonds is 2. The van der Waals surface area contributed by atoms with Gasteiger partial charge in [-0.05, 0) is 12.8 Å². The van der Waals surface area contributed by atoms with E-state index in [-0.39, 0.29) is 5.56 Å². The zero-order valence-electron chi connectivity index (χ0n) is 7.22. The molecule has 0 amide bonds. The third-order valence-corrected chi connectivity index (χ3v) is 1.51. The van der Waals surface area contributed by atoms with Gasteiger partial charge < -0.3 is 0 Å². The van der Waals surface area contributed by atoms with Gasteiger partial charge in [0.25, 0.3) is 5.56 Å². The molecule has 3 heteroatoms. The highest BCUT2D eigenvalue weighted by Gasteiger charge is 1.99. The summed E-state index contributed by atoms with van der Waals surface area (Å²) in [5.74, 6) is 0.567. The van der Waals surface area contributed by atoms with Crippen LogP contribution in [0, 0.1) is 12.8 Å². The normalized spacial score (nSPS) is 10.9. The van der Waals surface area contributed by atoms with Crippen molar-refractivity contribution in [2.45, 2.75) is 27.3 Å². The number of hydrogen-bond acceptors (Lipinski definition) is 1. The third kappa shape index (κ3) is 1.97. The first kappa shape index (κ1) is 8.11. The van der Waals surface area contributed by atoms with E-state index in [1.165, 1.54) is 0 Å². The van der Waals surface area contributed by atoms with Gasteiger partial charge in [-0.1, -0.05) is 13.8 Å². The summed E-state index contributed by atoms with van der Waals surface area (Å²) in [5.41, 5.74) is 0.802. The van der Waals surface area contributed by atoms with E-state index in [0.29, 0.717) is 5.92 Å². The van der Waals surface area contributed by atoms with Gasteiger partial charge in [0.15, 0.2) is 0 Å². The number of aromatic amines is 1. The minimum Gasteiger partial charge on any atom is -0.292 e. The van der Waals surface area contributed by atoms with Crippen molar-refractivity contribution in [1.29, 1.82) is 0 Å². The van der Waals surface area contributed by atoms with Crippen molar-refractivity contribution in [3.8, 4) is 0 Å². The summed E-state index contributed by atoms with van der Waals surface area (Å²) in [6, 6.07) is 0. The van der Waals surface area contributed by atoms with Crippen molar-refractivity contribution in [3.63, 3.8) is 0 Å². The predicted octanol–water partition coefficient (Wildman–Crippen LogP) is 1.14. The molecule has 1 N–H and O–H groups in total. The van der Waals surface area contributed by atoms with Gasteiger partial charge in [-0.15, -0.1) is 0 Å². The van der Waals surface area contributed by atoms with Gasteiger partial charge in [0.2, 0.25) is 0 Å². The van der Waals surface area contributed by atoms with Crippen molar-refractivity contribution in [1.82, 2.24) is 9.78 Å². The van der Waals surface area contributed by atoms with Crippen molar-refractivity contribution in [2.24, 2.45) is 5.92 Å². The molecule has 0 saturated carbocycles. The highest BCUT2D eigenvalue weighted by molar-refractivity contribution is 5.00. The molecule has 0 aromatic carbocycles. The van der Waals surface area contributed by atoms with Crippen LogP contribution in [0.5, 0.6) is 0 Å². The smallest absolute Gasteiger partial charge is 0.266 e. The molecule has 62 valence electrons. The van der Waals surface area contributed by atoms with Gasteiger partial charge in [0, 0.05) is 18.3 Å². The van der Waals surface area contributed by atoms with Crippen molar-refractivity contribution < 1.29 is 0 Å². The van der Waals surface area contributed by atoms with E-state index in [9.17, 15) is 4.79 Å². The molecule has 1 heterocycles. The Bertz CT molecular complexity index is 283. The number of H-pyrrole nitrogens is 1. The van der Waals surface area contributed by atoms with Crippen LogP contribution in [0.3, 0.4) is 0 Å². The highest BCUT2D eigenvalue weighted by Crippen LogP contribution is 1.96. The molecule has 0 bridgehead atoms. The van der Waals surface area contributed by atoms with Crippen LogP contribution in [0.4, 0.5) is 0 Å². The molecular weight excluding hydrogens is 140 g/mol. The van der Waals surface area contributed by atoms with Gasteiger partial charge >= 0.3 is 0 Å². The van der Waals surface area contributed by atoms with Crippen LogP contribution in [0.2, 0.25) is 0 Å². The lowest BCUT2D eigenvalue weighted by Crippen LogP contribution is -2.09. The van der Waals surface area contributed by atoms with E-state index in [0.717, 1.165) is 12.1 Å². The summed E-state index contributed by atoms with van der Waals surface area (Å²) in [6.45, 7) is 6.93. The fraction of sp³-hybridized carbons (Fsp3) is 0.625. The number of hydrogen-bond donors (Lipinski definition) is 1. The summed E-state index contributed by atoms with van der Waals surface area (Å²) < 4.78 is 1.84. The first-order valence-corrected chi connectivity index (χ1v) is 3.85. The summed E-state index contributed by atoms with van der Waals surface area (Å²) in [5, 5.41) is 2.74. The molecule has 0 fully saturated rings. The van der Waals surface area contributed by atoms with Gasteiger partial charge in [-0.25, -0.2) is 0 Å². The Morgan fingerprint density at radius 1 is 1.64 bits per heavy atom. The molecule has 3 nitrogen and oxygen atoms in total. The fourth-order valence-corrected chi connectivity index (χ4v) is 1.04. The number of aromatic nitrogens is 2. The summed E-state index contributed by atoms with van der Waals surface area (Å²) >= 11 is 0. The van der Waals surface area contributed by atoms with Gasteiger partial charge in [0.05, 0.1) is 0 Å². The maximum absolute atomic E-state index is 10.9. The second-order valence-electron chi connectivity index (χ2n) is 3.30. The van der Waals surface area contributed by atoms with Gasteiger partial charge in [-0.2, -0.15) is 0 Å². The maximum Gasteiger partial charge on any atom is 0.266 e. The van der Waals surface area contributed by atoms with E-state index < -0.39 is 0 Å². The minimum absolute atomic E-state index is 0.0191. The second kappa shape index (κ2) is 2.95. The molecule has 0 saturated heterocycles. The molecule has 0 spiro atoms. The lowest BCUT2D eigenvalue weighted by atomic mass is 10.2. The number of nitrogens with one attached hydrogen (secondary N) is 1. The number of aryl methyl sites for hydroxylation is 1. The van der Waals surface area contributed by atoms with Crippen molar-refractivity contribution in [2.75, 3.05) is 0 Å². The zero-order valence-corrected chi connectivity index (χ0v) is 7.22. The maximum atomic E-state index is 10.9. The lowest BCUT2D eigenvalue weighted by Gasteiger charge is -2.03. The van der Waals surface area contributed by atoms with Crippen LogP contribution in [-0.4, -0.2) is 9.78 Å². The lowest BCUT2D eigenvalue weighted by molar-refractivity contribution is 0.481. The Hall–Kier alpha value is -0.990. The molecule has 0 unspecified atom stereocenters. The fourth-order valence-electron chi connectivity index (χ4n) is 1.04. The minimum atomic E-state index is 0.0191. The predicted molar refractivity (Wildman–Crippen MR) is 44.6 cm³/mol. The van der Waals surface area contributed by atoms with Crippen LogP contribution in [0.1, 0.15) is 19.4 Å². The molecule has 1 aromatic rings.